The highest BCUT2D eigenvalue weighted by Crippen LogP contribution is 2.48. The zero-order valence-electron chi connectivity index (χ0n) is 18.8. The van der Waals surface area contributed by atoms with Crippen LogP contribution in [-0.2, 0) is 5.41 Å². The van der Waals surface area contributed by atoms with Crippen molar-refractivity contribution >= 4 is 0 Å². The van der Waals surface area contributed by atoms with Crippen molar-refractivity contribution in [3.63, 3.8) is 0 Å². The van der Waals surface area contributed by atoms with E-state index < -0.39 is 5.41 Å². The quantitative estimate of drug-likeness (QED) is 0.331. The number of rotatable bonds is 4. The van der Waals surface area contributed by atoms with Gasteiger partial charge in [-0.05, 0) is 84.3 Å². The lowest BCUT2D eigenvalue weighted by Gasteiger charge is -2.38. The third-order valence-electron chi connectivity index (χ3n) is 6.33. The predicted octanol–water partition coefficient (Wildman–Crippen LogP) is 6.42. The van der Waals surface area contributed by atoms with E-state index in [2.05, 4.69) is 12.1 Å². The highest BCUT2D eigenvalue weighted by molar-refractivity contribution is 5.64. The molecule has 0 unspecified atom stereocenters. The van der Waals surface area contributed by atoms with Gasteiger partial charge in [-0.3, -0.25) is 0 Å². The van der Waals surface area contributed by atoms with E-state index in [0.29, 0.717) is 0 Å². The molecule has 0 aliphatic carbocycles. The minimum absolute atomic E-state index is 0.183. The summed E-state index contributed by atoms with van der Waals surface area (Å²) >= 11 is 0. The summed E-state index contributed by atoms with van der Waals surface area (Å²) in [5.41, 5.74) is 6.25. The average molecular weight is 425 g/mol. The van der Waals surface area contributed by atoms with Crippen LogP contribution in [0.3, 0.4) is 0 Å². The first-order chi connectivity index (χ1) is 15.2. The highest BCUT2D eigenvalue weighted by Gasteiger charge is 2.39. The van der Waals surface area contributed by atoms with Crippen molar-refractivity contribution in [3.05, 3.63) is 123 Å². The molecule has 4 rings (SSSR count). The normalized spacial score (nSPS) is 11.5. The number of phenolic OH excluding ortho intramolecular Hbond substituents is 3. The first-order valence-electron chi connectivity index (χ1n) is 10.7. The molecule has 0 aliphatic rings. The van der Waals surface area contributed by atoms with Gasteiger partial charge in [-0.2, -0.15) is 0 Å². The summed E-state index contributed by atoms with van der Waals surface area (Å²) in [6.45, 7) is 7.60. The van der Waals surface area contributed by atoms with Crippen LogP contribution in [0.25, 0.3) is 0 Å². The lowest BCUT2D eigenvalue weighted by molar-refractivity contribution is 0.465. The van der Waals surface area contributed by atoms with Crippen LogP contribution in [0.4, 0.5) is 0 Å². The van der Waals surface area contributed by atoms with Crippen LogP contribution in [0, 0.1) is 27.7 Å². The molecule has 0 bridgehead atoms. The standard InChI is InChI=1S/C29H28O3/c1-18-13-24(14-19(2)27(18)31)29(22-9-6-5-7-10-22,23-11-8-12-26(30)17-23)25-15-20(3)28(32)21(4)16-25/h5-17,30-32H,1-4H3. The molecule has 3 heteroatoms. The van der Waals surface area contributed by atoms with Crippen molar-refractivity contribution in [1.29, 1.82) is 0 Å². The fraction of sp³-hybridized carbons (Fsp3) is 0.172. The van der Waals surface area contributed by atoms with Gasteiger partial charge in [0.25, 0.3) is 0 Å². The Kier molecular flexibility index (Phi) is 5.43. The van der Waals surface area contributed by atoms with Crippen LogP contribution in [-0.4, -0.2) is 15.3 Å². The van der Waals surface area contributed by atoms with Crippen LogP contribution >= 0.6 is 0 Å². The van der Waals surface area contributed by atoms with E-state index >= 15 is 0 Å². The fourth-order valence-corrected chi connectivity index (χ4v) is 4.77. The molecule has 0 atom stereocenters. The van der Waals surface area contributed by atoms with Gasteiger partial charge in [-0.25, -0.2) is 0 Å². The van der Waals surface area contributed by atoms with E-state index in [-0.39, 0.29) is 17.2 Å². The molecule has 0 heterocycles. The van der Waals surface area contributed by atoms with Crippen molar-refractivity contribution in [2.75, 3.05) is 0 Å². The first-order valence-corrected chi connectivity index (χ1v) is 10.7. The molecule has 0 fully saturated rings. The summed E-state index contributed by atoms with van der Waals surface area (Å²) in [6.07, 6.45) is 0. The van der Waals surface area contributed by atoms with Gasteiger partial charge < -0.3 is 15.3 Å². The lowest BCUT2D eigenvalue weighted by Crippen LogP contribution is -2.31. The Morgan fingerprint density at radius 2 is 0.906 bits per heavy atom. The molecule has 0 radical (unpaired) electrons. The molecule has 0 aliphatic heterocycles. The number of aromatic hydroxyl groups is 3. The molecular formula is C29H28O3. The van der Waals surface area contributed by atoms with Gasteiger partial charge in [0, 0.05) is 0 Å². The van der Waals surface area contributed by atoms with Gasteiger partial charge >= 0.3 is 0 Å². The van der Waals surface area contributed by atoms with Gasteiger partial charge in [0.05, 0.1) is 5.41 Å². The lowest BCUT2D eigenvalue weighted by atomic mass is 9.64. The smallest absolute Gasteiger partial charge is 0.121 e. The Hall–Kier alpha value is -3.72. The second-order valence-corrected chi connectivity index (χ2v) is 8.58. The summed E-state index contributed by atoms with van der Waals surface area (Å²) in [5.74, 6) is 0.747. The van der Waals surface area contributed by atoms with Crippen LogP contribution in [0.2, 0.25) is 0 Å². The summed E-state index contributed by atoms with van der Waals surface area (Å²) in [5, 5.41) is 31.5. The third kappa shape index (κ3) is 3.40. The summed E-state index contributed by atoms with van der Waals surface area (Å²) in [4.78, 5) is 0. The summed E-state index contributed by atoms with van der Waals surface area (Å²) < 4.78 is 0. The van der Waals surface area contributed by atoms with E-state index in [1.165, 1.54) is 0 Å². The van der Waals surface area contributed by atoms with Gasteiger partial charge in [-0.15, -0.1) is 0 Å². The maximum Gasteiger partial charge on any atom is 0.121 e. The summed E-state index contributed by atoms with van der Waals surface area (Å²) in [7, 11) is 0. The van der Waals surface area contributed by atoms with Crippen molar-refractivity contribution in [2.45, 2.75) is 33.1 Å². The minimum atomic E-state index is -0.771. The monoisotopic (exact) mass is 424 g/mol. The molecule has 0 saturated heterocycles. The second kappa shape index (κ2) is 8.08. The van der Waals surface area contributed by atoms with E-state index in [9.17, 15) is 15.3 Å². The molecule has 0 saturated carbocycles. The van der Waals surface area contributed by atoms with Crippen LogP contribution in [0.5, 0.6) is 17.2 Å². The number of aryl methyl sites for hydroxylation is 4. The van der Waals surface area contributed by atoms with Crippen molar-refractivity contribution in [3.8, 4) is 17.2 Å². The summed E-state index contributed by atoms with van der Waals surface area (Å²) in [6, 6.07) is 25.5. The molecule has 3 N–H and O–H groups in total. The Morgan fingerprint density at radius 1 is 0.469 bits per heavy atom. The van der Waals surface area contributed by atoms with Crippen molar-refractivity contribution < 1.29 is 15.3 Å². The zero-order chi connectivity index (χ0) is 23.0. The topological polar surface area (TPSA) is 60.7 Å². The number of phenols is 3. The van der Waals surface area contributed by atoms with E-state index in [0.717, 1.165) is 44.5 Å². The van der Waals surface area contributed by atoms with E-state index in [4.69, 9.17) is 0 Å². The fourth-order valence-electron chi connectivity index (χ4n) is 4.77. The molecule has 32 heavy (non-hydrogen) atoms. The van der Waals surface area contributed by atoms with Crippen LogP contribution < -0.4 is 0 Å². The van der Waals surface area contributed by atoms with Crippen molar-refractivity contribution in [2.24, 2.45) is 0 Å². The van der Waals surface area contributed by atoms with Gasteiger partial charge in [0.2, 0.25) is 0 Å². The number of hydrogen-bond donors (Lipinski definition) is 3. The molecule has 4 aromatic carbocycles. The van der Waals surface area contributed by atoms with Crippen LogP contribution in [0.1, 0.15) is 44.5 Å². The Morgan fingerprint density at radius 3 is 1.34 bits per heavy atom. The molecule has 0 spiro atoms. The Bertz CT molecular complexity index is 1190. The molecule has 0 aromatic heterocycles. The molecule has 3 nitrogen and oxygen atoms in total. The highest BCUT2D eigenvalue weighted by atomic mass is 16.3. The molecular weight excluding hydrogens is 396 g/mol. The predicted molar refractivity (Wildman–Crippen MR) is 129 cm³/mol. The minimum Gasteiger partial charge on any atom is -0.508 e. The van der Waals surface area contributed by atoms with Crippen LogP contribution in [0.15, 0.2) is 78.9 Å². The molecule has 4 aromatic rings. The van der Waals surface area contributed by atoms with E-state index in [1.807, 2.05) is 82.3 Å². The third-order valence-corrected chi connectivity index (χ3v) is 6.33. The van der Waals surface area contributed by atoms with Gasteiger partial charge in [-0.1, -0.05) is 66.7 Å². The zero-order valence-corrected chi connectivity index (χ0v) is 18.8. The largest absolute Gasteiger partial charge is 0.508 e. The first kappa shape index (κ1) is 21.5. The Balaban J connectivity index is 2.23. The van der Waals surface area contributed by atoms with Gasteiger partial charge in [0.15, 0.2) is 0 Å². The SMILES string of the molecule is Cc1cc(C(c2ccccc2)(c2cccc(O)c2)c2cc(C)c(O)c(C)c2)cc(C)c1O. The van der Waals surface area contributed by atoms with Gasteiger partial charge in [0.1, 0.15) is 17.2 Å². The maximum absolute atomic E-state index is 10.5. The van der Waals surface area contributed by atoms with Crippen molar-refractivity contribution in [1.82, 2.24) is 0 Å². The Labute approximate surface area is 189 Å². The maximum atomic E-state index is 10.5. The number of hydrogen-bond acceptors (Lipinski definition) is 3. The van der Waals surface area contributed by atoms with E-state index in [1.54, 1.807) is 12.1 Å². The molecule has 0 amide bonds. The average Bonchev–Trinajstić information content (AvgIpc) is 2.77. The number of benzene rings is 4. The molecule has 162 valence electrons. The second-order valence-electron chi connectivity index (χ2n) is 8.58.